The van der Waals surface area contributed by atoms with Gasteiger partial charge < -0.3 is 5.32 Å². The first-order valence-electron chi connectivity index (χ1n) is 5.29. The molecule has 0 aliphatic heterocycles. The van der Waals surface area contributed by atoms with E-state index in [4.69, 9.17) is 34.8 Å². The number of hydrogen-bond donors (Lipinski definition) is 1. The molecule has 0 radical (unpaired) electrons. The van der Waals surface area contributed by atoms with Gasteiger partial charge in [-0.25, -0.2) is 19.9 Å². The fourth-order valence-electron chi connectivity index (χ4n) is 1.13. The summed E-state index contributed by atoms with van der Waals surface area (Å²) in [5, 5.41) is 3.04. The molecule has 0 amide bonds. The molecule has 0 aromatic carbocycles. The van der Waals surface area contributed by atoms with E-state index in [1.807, 2.05) is 0 Å². The van der Waals surface area contributed by atoms with Crippen LogP contribution in [-0.4, -0.2) is 39.6 Å². The molecule has 110 valence electrons. The van der Waals surface area contributed by atoms with Gasteiger partial charge in [0.15, 0.2) is 12.6 Å². The molecule has 0 aliphatic rings. The highest BCUT2D eigenvalue weighted by atomic mass is 35.5. The van der Waals surface area contributed by atoms with Gasteiger partial charge in [0.1, 0.15) is 33.9 Å². The molecule has 0 saturated heterocycles. The van der Waals surface area contributed by atoms with Crippen molar-refractivity contribution >= 4 is 53.2 Å². The van der Waals surface area contributed by atoms with Crippen LogP contribution >= 0.6 is 34.8 Å². The van der Waals surface area contributed by atoms with Crippen molar-refractivity contribution in [2.24, 2.45) is 0 Å². The highest BCUT2D eigenvalue weighted by Gasteiger charge is 2.06. The van der Waals surface area contributed by atoms with Crippen molar-refractivity contribution in [1.29, 1.82) is 0 Å². The van der Waals surface area contributed by atoms with Crippen LogP contribution in [0.3, 0.4) is 0 Å². The van der Waals surface area contributed by atoms with Crippen LogP contribution in [0.4, 0.5) is 5.82 Å². The van der Waals surface area contributed by atoms with Gasteiger partial charge >= 0.3 is 0 Å². The number of aromatic nitrogens is 4. The van der Waals surface area contributed by atoms with Crippen LogP contribution < -0.4 is 5.32 Å². The Bertz CT molecular complexity index is 634. The average Bonchev–Trinajstić information content (AvgIpc) is 2.48. The number of halogens is 3. The van der Waals surface area contributed by atoms with Gasteiger partial charge in [-0.3, -0.25) is 9.59 Å². The molecule has 0 atom stereocenters. The zero-order valence-corrected chi connectivity index (χ0v) is 12.8. The van der Waals surface area contributed by atoms with E-state index in [1.54, 1.807) is 7.05 Å². The summed E-state index contributed by atoms with van der Waals surface area (Å²) in [7, 11) is 1.66. The second-order valence-electron chi connectivity index (χ2n) is 3.28. The van der Waals surface area contributed by atoms with Crippen LogP contribution in [0.25, 0.3) is 0 Å². The smallest absolute Gasteiger partial charge is 0.156 e. The van der Waals surface area contributed by atoms with E-state index in [1.165, 1.54) is 12.7 Å². The molecule has 7 nitrogen and oxygen atoms in total. The summed E-state index contributed by atoms with van der Waals surface area (Å²) in [5.74, 6) is 0.444. The molecule has 1 N–H and O–H groups in total. The number of nitrogens with one attached hydrogen (secondary N) is 1. The minimum Gasteiger partial charge on any atom is -0.372 e. The first-order chi connectivity index (χ1) is 10.0. The maximum Gasteiger partial charge on any atom is 0.156 e. The Kier molecular flexibility index (Phi) is 6.93. The summed E-state index contributed by atoms with van der Waals surface area (Å²) >= 11 is 16.5. The Morgan fingerprint density at radius 3 is 1.62 bits per heavy atom. The largest absolute Gasteiger partial charge is 0.372 e. The molecule has 0 aliphatic carbocycles. The predicted octanol–water partition coefficient (Wildman–Crippen LogP) is 2.58. The zero-order valence-electron chi connectivity index (χ0n) is 10.5. The lowest BCUT2D eigenvalue weighted by molar-refractivity contribution is 0.111. The second kappa shape index (κ2) is 8.46. The third-order valence-electron chi connectivity index (χ3n) is 2.09. The van der Waals surface area contributed by atoms with Crippen LogP contribution in [0, 0.1) is 0 Å². The molecule has 0 bridgehead atoms. The Balaban J connectivity index is 0.000000211. The lowest BCUT2D eigenvalue weighted by atomic mass is 10.3. The maximum atomic E-state index is 10.4. The van der Waals surface area contributed by atoms with Crippen LogP contribution in [0.15, 0.2) is 12.7 Å². The summed E-state index contributed by atoms with van der Waals surface area (Å²) < 4.78 is 0. The summed E-state index contributed by atoms with van der Waals surface area (Å²) in [6.07, 6.45) is 3.62. The quantitative estimate of drug-likeness (QED) is 0.672. The first kappa shape index (κ1) is 17.2. The molecule has 0 unspecified atom stereocenters. The minimum absolute atomic E-state index is 0.0787. The molecule has 0 saturated carbocycles. The van der Waals surface area contributed by atoms with Crippen molar-refractivity contribution in [1.82, 2.24) is 19.9 Å². The molecule has 2 rings (SSSR count). The number of aldehydes is 2. The highest BCUT2D eigenvalue weighted by Crippen LogP contribution is 2.16. The molecule has 21 heavy (non-hydrogen) atoms. The van der Waals surface area contributed by atoms with Gasteiger partial charge in [-0.2, -0.15) is 0 Å². The van der Waals surface area contributed by atoms with E-state index in [-0.39, 0.29) is 26.6 Å². The molecule has 0 fully saturated rings. The van der Waals surface area contributed by atoms with Crippen molar-refractivity contribution < 1.29 is 9.59 Å². The highest BCUT2D eigenvalue weighted by molar-refractivity contribution is 6.36. The van der Waals surface area contributed by atoms with Gasteiger partial charge in [0.25, 0.3) is 0 Å². The number of rotatable bonds is 3. The van der Waals surface area contributed by atoms with Crippen LogP contribution in [-0.2, 0) is 0 Å². The molecule has 10 heteroatoms. The standard InChI is InChI=1S/C6H6ClN3O.C5H2Cl2N2O/c1-8-6-4(2-11)5(7)9-3-10-6;6-4-3(1-10)5(7)9-2-8-4/h2-3H,1H3,(H,8,9,10);1-2H. The molecular weight excluding hydrogens is 341 g/mol. The van der Waals surface area contributed by atoms with E-state index < -0.39 is 0 Å². The van der Waals surface area contributed by atoms with E-state index in [9.17, 15) is 9.59 Å². The summed E-state index contributed by atoms with van der Waals surface area (Å²) in [4.78, 5) is 35.1. The van der Waals surface area contributed by atoms with Crippen molar-refractivity contribution in [3.05, 3.63) is 39.2 Å². The van der Waals surface area contributed by atoms with Crippen molar-refractivity contribution in [3.63, 3.8) is 0 Å². The third-order valence-corrected chi connectivity index (χ3v) is 3.00. The van der Waals surface area contributed by atoms with Gasteiger partial charge in [0.05, 0.1) is 11.1 Å². The van der Waals surface area contributed by atoms with Gasteiger partial charge in [0.2, 0.25) is 0 Å². The second-order valence-corrected chi connectivity index (χ2v) is 4.36. The Morgan fingerprint density at radius 1 is 0.857 bits per heavy atom. The van der Waals surface area contributed by atoms with Crippen molar-refractivity contribution in [3.8, 4) is 0 Å². The normalized spacial score (nSPS) is 9.33. The van der Waals surface area contributed by atoms with Crippen LogP contribution in [0.5, 0.6) is 0 Å². The predicted molar refractivity (Wildman–Crippen MR) is 79.4 cm³/mol. The van der Waals surface area contributed by atoms with E-state index in [2.05, 4.69) is 25.3 Å². The Labute approximate surface area is 134 Å². The van der Waals surface area contributed by atoms with E-state index in [0.717, 1.165) is 0 Å². The number of hydrogen-bond acceptors (Lipinski definition) is 7. The number of nitrogens with zero attached hydrogens (tertiary/aromatic N) is 4. The van der Waals surface area contributed by atoms with Crippen molar-refractivity contribution in [2.75, 3.05) is 12.4 Å². The van der Waals surface area contributed by atoms with Gasteiger partial charge in [-0.15, -0.1) is 0 Å². The molecular formula is C11H8Cl3N5O2. The summed E-state index contributed by atoms with van der Waals surface area (Å²) in [6.45, 7) is 0. The van der Waals surface area contributed by atoms with E-state index in [0.29, 0.717) is 18.4 Å². The van der Waals surface area contributed by atoms with Gasteiger partial charge in [-0.05, 0) is 0 Å². The molecule has 0 spiro atoms. The summed E-state index contributed by atoms with van der Waals surface area (Å²) in [6, 6.07) is 0. The zero-order chi connectivity index (χ0) is 15.8. The number of carbonyl (C=O) groups is 2. The van der Waals surface area contributed by atoms with Crippen molar-refractivity contribution in [2.45, 2.75) is 0 Å². The van der Waals surface area contributed by atoms with E-state index >= 15 is 0 Å². The monoisotopic (exact) mass is 347 g/mol. The fraction of sp³-hybridized carbons (Fsp3) is 0.0909. The minimum atomic E-state index is 0.0787. The fourth-order valence-corrected chi connectivity index (χ4v) is 1.71. The topological polar surface area (TPSA) is 97.7 Å². The molecule has 2 heterocycles. The third kappa shape index (κ3) is 4.59. The lowest BCUT2D eigenvalue weighted by Gasteiger charge is -2.01. The first-order valence-corrected chi connectivity index (χ1v) is 6.43. The number of carbonyl (C=O) groups excluding carboxylic acids is 2. The lowest BCUT2D eigenvalue weighted by Crippen LogP contribution is -1.99. The van der Waals surface area contributed by atoms with Gasteiger partial charge in [-0.1, -0.05) is 34.8 Å². The van der Waals surface area contributed by atoms with Crippen LogP contribution in [0.2, 0.25) is 15.5 Å². The average molecular weight is 349 g/mol. The Hall–Kier alpha value is -1.83. The van der Waals surface area contributed by atoms with Crippen LogP contribution in [0.1, 0.15) is 20.7 Å². The van der Waals surface area contributed by atoms with Gasteiger partial charge in [0, 0.05) is 7.05 Å². The number of anilines is 1. The summed E-state index contributed by atoms with van der Waals surface area (Å²) in [5.41, 5.74) is 0.419. The molecule has 2 aromatic rings. The Morgan fingerprint density at radius 2 is 1.29 bits per heavy atom. The SMILES string of the molecule is CNc1ncnc(Cl)c1C=O.O=Cc1c(Cl)ncnc1Cl. The maximum absolute atomic E-state index is 10.4. The molecule has 2 aromatic heterocycles.